The minimum absolute atomic E-state index is 0.762. The van der Waals surface area contributed by atoms with Crippen molar-refractivity contribution in [1.29, 1.82) is 0 Å². The molecule has 0 spiro atoms. The molecule has 0 unspecified atom stereocenters. The minimum Gasteiger partial charge on any atom is -0.497 e. The van der Waals surface area contributed by atoms with Crippen molar-refractivity contribution in [3.05, 3.63) is 102 Å². The summed E-state index contributed by atoms with van der Waals surface area (Å²) in [6, 6.07) is 21.1. The molecule has 2 heterocycles. The van der Waals surface area contributed by atoms with Crippen molar-refractivity contribution in [2.24, 2.45) is 0 Å². The fourth-order valence-electron chi connectivity index (χ4n) is 3.75. The Morgan fingerprint density at radius 1 is 0.875 bits per heavy atom. The molecule has 0 fully saturated rings. The molecule has 0 bridgehead atoms. The lowest BCUT2D eigenvalue weighted by Gasteiger charge is -2.26. The van der Waals surface area contributed by atoms with Gasteiger partial charge in [-0.3, -0.25) is 4.98 Å². The van der Waals surface area contributed by atoms with E-state index in [9.17, 15) is 0 Å². The van der Waals surface area contributed by atoms with Crippen LogP contribution in [0.4, 0.5) is 5.69 Å². The monoisotopic (exact) mass is 427 g/mol. The highest BCUT2D eigenvalue weighted by Gasteiger charge is 2.12. The van der Waals surface area contributed by atoms with Crippen molar-refractivity contribution in [2.45, 2.75) is 19.6 Å². The van der Waals surface area contributed by atoms with Crippen molar-refractivity contribution in [3.8, 4) is 11.4 Å². The van der Waals surface area contributed by atoms with E-state index in [1.165, 1.54) is 11.1 Å². The summed E-state index contributed by atoms with van der Waals surface area (Å²) in [5.74, 6) is 0.868. The maximum Gasteiger partial charge on any atom is 0.119 e. The highest BCUT2D eigenvalue weighted by atomic mass is 16.5. The second-order valence-electron chi connectivity index (χ2n) is 8.09. The van der Waals surface area contributed by atoms with Crippen molar-refractivity contribution in [3.63, 3.8) is 0 Å². The molecule has 0 saturated carbocycles. The molecule has 4 aromatic rings. The van der Waals surface area contributed by atoms with Gasteiger partial charge in [0.05, 0.1) is 19.1 Å². The number of hydrogen-bond acceptors (Lipinski definition) is 5. The van der Waals surface area contributed by atoms with Crippen molar-refractivity contribution < 1.29 is 4.74 Å². The van der Waals surface area contributed by atoms with Gasteiger partial charge in [0.15, 0.2) is 0 Å². The molecule has 2 aromatic carbocycles. The second-order valence-corrected chi connectivity index (χ2v) is 8.09. The number of rotatable bonds is 9. The number of methoxy groups -OCH3 is 1. The predicted molar refractivity (Wildman–Crippen MR) is 128 cm³/mol. The van der Waals surface area contributed by atoms with Gasteiger partial charge in [-0.15, -0.1) is 0 Å². The summed E-state index contributed by atoms with van der Waals surface area (Å²) in [5, 5.41) is 0. The van der Waals surface area contributed by atoms with Crippen molar-refractivity contribution in [2.75, 3.05) is 26.1 Å². The molecule has 0 radical (unpaired) electrons. The van der Waals surface area contributed by atoms with Gasteiger partial charge in [0.1, 0.15) is 5.75 Å². The molecule has 0 N–H and O–H groups in total. The fourth-order valence-corrected chi connectivity index (χ4v) is 3.75. The number of nitrogens with zero attached hydrogens (tertiary/aromatic N) is 5. The van der Waals surface area contributed by atoms with E-state index in [-0.39, 0.29) is 0 Å². The number of hydrogen-bond donors (Lipinski definition) is 0. The molecule has 0 saturated heterocycles. The van der Waals surface area contributed by atoms with Gasteiger partial charge < -0.3 is 19.1 Å². The molecule has 32 heavy (non-hydrogen) atoms. The maximum atomic E-state index is 5.44. The molecule has 0 aliphatic carbocycles. The Labute approximate surface area is 189 Å². The predicted octanol–water partition coefficient (Wildman–Crippen LogP) is 4.54. The molecule has 2 aromatic heterocycles. The molecule has 6 nitrogen and oxygen atoms in total. The smallest absolute Gasteiger partial charge is 0.119 e. The summed E-state index contributed by atoms with van der Waals surface area (Å²) in [6.45, 7) is 2.33. The number of imidazole rings is 1. The normalized spacial score (nSPS) is 11.0. The number of aromatic nitrogens is 3. The van der Waals surface area contributed by atoms with Crippen LogP contribution < -0.4 is 9.64 Å². The average Bonchev–Trinajstić information content (AvgIpc) is 3.34. The third-order valence-electron chi connectivity index (χ3n) is 5.24. The summed E-state index contributed by atoms with van der Waals surface area (Å²) in [6.07, 6.45) is 7.48. The van der Waals surface area contributed by atoms with Crippen LogP contribution >= 0.6 is 0 Å². The molecule has 164 valence electrons. The molecule has 0 aliphatic heterocycles. The summed E-state index contributed by atoms with van der Waals surface area (Å²) >= 11 is 0. The van der Waals surface area contributed by atoms with Gasteiger partial charge in [-0.2, -0.15) is 0 Å². The van der Waals surface area contributed by atoms with E-state index in [2.05, 4.69) is 82.4 Å². The van der Waals surface area contributed by atoms with Gasteiger partial charge in [-0.05, 0) is 61.6 Å². The Kier molecular flexibility index (Phi) is 6.82. The van der Waals surface area contributed by atoms with E-state index in [4.69, 9.17) is 4.74 Å². The van der Waals surface area contributed by atoms with Gasteiger partial charge >= 0.3 is 0 Å². The first-order valence-electron chi connectivity index (χ1n) is 10.7. The van der Waals surface area contributed by atoms with Crippen LogP contribution in [0, 0.1) is 0 Å². The molecule has 4 rings (SSSR count). The number of anilines is 1. The molecular weight excluding hydrogens is 398 g/mol. The summed E-state index contributed by atoms with van der Waals surface area (Å²) in [7, 11) is 5.82. The van der Waals surface area contributed by atoms with Crippen LogP contribution in [0.3, 0.4) is 0 Å². The van der Waals surface area contributed by atoms with Gasteiger partial charge in [0.25, 0.3) is 0 Å². The second kappa shape index (κ2) is 10.1. The number of benzene rings is 2. The molecule has 0 amide bonds. The first-order chi connectivity index (χ1) is 15.6. The summed E-state index contributed by atoms with van der Waals surface area (Å²) in [4.78, 5) is 13.2. The van der Waals surface area contributed by atoms with Crippen LogP contribution in [0.15, 0.2) is 85.6 Å². The fraction of sp³-hybridized carbons (Fsp3) is 0.231. The minimum atomic E-state index is 0.762. The molecular formula is C26H29N5O. The zero-order chi connectivity index (χ0) is 22.3. The maximum absolute atomic E-state index is 5.44. The average molecular weight is 428 g/mol. The largest absolute Gasteiger partial charge is 0.497 e. The van der Waals surface area contributed by atoms with Crippen LogP contribution in [-0.4, -0.2) is 40.6 Å². The van der Waals surface area contributed by atoms with Gasteiger partial charge in [-0.1, -0.05) is 24.3 Å². The van der Waals surface area contributed by atoms with E-state index in [1.54, 1.807) is 13.3 Å². The van der Waals surface area contributed by atoms with Crippen molar-refractivity contribution >= 4 is 5.69 Å². The quantitative estimate of drug-likeness (QED) is 0.392. The Morgan fingerprint density at radius 3 is 2.38 bits per heavy atom. The molecule has 6 heteroatoms. The van der Waals surface area contributed by atoms with Crippen LogP contribution in [0.25, 0.3) is 5.69 Å². The first-order valence-corrected chi connectivity index (χ1v) is 10.7. The summed E-state index contributed by atoms with van der Waals surface area (Å²) in [5.41, 5.74) is 5.72. The topological polar surface area (TPSA) is 46.4 Å². The van der Waals surface area contributed by atoms with Crippen molar-refractivity contribution in [1.82, 2.24) is 19.4 Å². The van der Waals surface area contributed by atoms with Gasteiger partial charge in [0.2, 0.25) is 0 Å². The van der Waals surface area contributed by atoms with E-state index in [0.29, 0.717) is 0 Å². The lowest BCUT2D eigenvalue weighted by molar-refractivity contribution is 0.397. The standard InChI is InChI=1S/C26H29N5O/c1-29(2)19-23-16-25(10-11-28-23)31(18-22-7-5-9-26(15-22)32-3)17-21-6-4-8-24(14-21)30-13-12-27-20-30/h4-16,20H,17-19H2,1-3H3. The number of pyridine rings is 1. The van der Waals surface area contributed by atoms with Gasteiger partial charge in [-0.25, -0.2) is 4.98 Å². The lowest BCUT2D eigenvalue weighted by Crippen LogP contribution is -2.23. The third kappa shape index (κ3) is 5.53. The first kappa shape index (κ1) is 21.6. The Hall–Kier alpha value is -3.64. The highest BCUT2D eigenvalue weighted by Crippen LogP contribution is 2.23. The lowest BCUT2D eigenvalue weighted by atomic mass is 10.1. The van der Waals surface area contributed by atoms with E-state index in [0.717, 1.165) is 42.5 Å². The van der Waals surface area contributed by atoms with Crippen LogP contribution in [-0.2, 0) is 19.6 Å². The van der Waals surface area contributed by atoms with Crippen LogP contribution in [0.5, 0.6) is 5.75 Å². The van der Waals surface area contributed by atoms with E-state index in [1.807, 2.05) is 35.4 Å². The Morgan fingerprint density at radius 2 is 1.66 bits per heavy atom. The van der Waals surface area contributed by atoms with E-state index < -0.39 is 0 Å². The Balaban J connectivity index is 1.65. The SMILES string of the molecule is COc1cccc(CN(Cc2cccc(-n3ccnc3)c2)c2ccnc(CN(C)C)c2)c1. The highest BCUT2D eigenvalue weighted by molar-refractivity contribution is 5.49. The van der Waals surface area contributed by atoms with E-state index >= 15 is 0 Å². The number of ether oxygens (including phenoxy) is 1. The third-order valence-corrected chi connectivity index (χ3v) is 5.24. The summed E-state index contributed by atoms with van der Waals surface area (Å²) < 4.78 is 7.46. The molecule has 0 aliphatic rings. The Bertz CT molecular complexity index is 1140. The van der Waals surface area contributed by atoms with Crippen LogP contribution in [0.1, 0.15) is 16.8 Å². The van der Waals surface area contributed by atoms with Crippen LogP contribution in [0.2, 0.25) is 0 Å². The zero-order valence-electron chi connectivity index (χ0n) is 18.8. The zero-order valence-corrected chi connectivity index (χ0v) is 18.8. The van der Waals surface area contributed by atoms with Gasteiger partial charge in [0, 0.05) is 49.6 Å². The molecule has 0 atom stereocenters.